The number of urea groups is 1. The minimum atomic E-state index is -4.47. The second-order valence-electron chi connectivity index (χ2n) is 6.22. The van der Waals surface area contributed by atoms with Crippen LogP contribution in [0.3, 0.4) is 0 Å². The number of barbiturate groups is 1. The molecule has 1 saturated carbocycles. The van der Waals surface area contributed by atoms with Crippen LogP contribution < -0.4 is 34.5 Å². The zero-order chi connectivity index (χ0) is 18.2. The average Bonchev–Trinajstić information content (AvgIpc) is 2.55. The Morgan fingerprint density at radius 3 is 2.31 bits per heavy atom. The number of imide groups is 2. The van der Waals surface area contributed by atoms with E-state index in [0.29, 0.717) is 12.8 Å². The third kappa shape index (κ3) is 4.17. The third-order valence-electron chi connectivity index (χ3n) is 4.53. The quantitative estimate of drug-likeness (QED) is 0.405. The van der Waals surface area contributed by atoms with E-state index in [1.165, 1.54) is 12.1 Å². The Morgan fingerprint density at radius 1 is 1.04 bits per heavy atom. The van der Waals surface area contributed by atoms with Crippen LogP contribution in [-0.2, 0) is 19.7 Å². The number of hydrogen-bond donors (Lipinski definition) is 1. The van der Waals surface area contributed by atoms with E-state index in [2.05, 4.69) is 0 Å². The van der Waals surface area contributed by atoms with Gasteiger partial charge in [-0.05, 0) is 31.0 Å². The van der Waals surface area contributed by atoms with Crippen molar-refractivity contribution in [2.45, 2.75) is 49.5 Å². The van der Waals surface area contributed by atoms with Gasteiger partial charge in [-0.3, -0.25) is 19.0 Å². The zero-order valence-corrected chi connectivity index (χ0v) is 17.2. The van der Waals surface area contributed by atoms with Crippen LogP contribution in [0, 0.1) is 0 Å². The van der Waals surface area contributed by atoms with E-state index in [-0.39, 0.29) is 42.7 Å². The van der Waals surface area contributed by atoms with Crippen molar-refractivity contribution in [2.24, 2.45) is 0 Å². The van der Waals surface area contributed by atoms with Gasteiger partial charge in [-0.1, -0.05) is 25.3 Å². The molecule has 1 aromatic carbocycles. The smallest absolute Gasteiger partial charge is 1.00 e. The van der Waals surface area contributed by atoms with Gasteiger partial charge in [0.1, 0.15) is 6.42 Å². The summed E-state index contributed by atoms with van der Waals surface area (Å²) in [7, 11) is -4.47. The number of hydrogen-bond acceptors (Lipinski definition) is 5. The van der Waals surface area contributed by atoms with Gasteiger partial charge < -0.3 is 1.43 Å². The molecule has 1 aliphatic carbocycles. The molecule has 136 valence electrons. The summed E-state index contributed by atoms with van der Waals surface area (Å²) in [5.41, 5.74) is 0.0124. The Morgan fingerprint density at radius 2 is 1.69 bits per heavy atom. The summed E-state index contributed by atoms with van der Waals surface area (Å²) >= 11 is 0. The molecule has 2 fully saturated rings. The van der Waals surface area contributed by atoms with Crippen LogP contribution in [0.5, 0.6) is 0 Å². The van der Waals surface area contributed by atoms with Crippen LogP contribution in [0.4, 0.5) is 10.5 Å². The van der Waals surface area contributed by atoms with Gasteiger partial charge in [0.15, 0.2) is 0 Å². The zero-order valence-electron chi connectivity index (χ0n) is 15.4. The molecule has 0 unspecified atom stereocenters. The van der Waals surface area contributed by atoms with Crippen LogP contribution in [0.2, 0.25) is 0 Å². The van der Waals surface area contributed by atoms with Crippen molar-refractivity contribution in [3.63, 3.8) is 0 Å². The first-order chi connectivity index (χ1) is 11.8. The van der Waals surface area contributed by atoms with Crippen molar-refractivity contribution < 1.29 is 58.3 Å². The topological polar surface area (TPSA) is 112 Å². The molecule has 1 saturated heterocycles. The molecule has 0 bridgehead atoms. The molecular formula is C16H19N2NaO6S. The summed E-state index contributed by atoms with van der Waals surface area (Å²) in [4.78, 5) is 38.8. The van der Waals surface area contributed by atoms with Crippen molar-refractivity contribution in [1.82, 2.24) is 4.90 Å². The van der Waals surface area contributed by atoms with Gasteiger partial charge in [0, 0.05) is 6.04 Å². The van der Waals surface area contributed by atoms with Crippen molar-refractivity contribution >= 4 is 33.7 Å². The Bertz CT molecular complexity index is 841. The van der Waals surface area contributed by atoms with Crippen LogP contribution in [0.15, 0.2) is 29.2 Å². The van der Waals surface area contributed by atoms with Gasteiger partial charge in [-0.25, -0.2) is 9.69 Å². The van der Waals surface area contributed by atoms with E-state index in [1.807, 2.05) is 0 Å². The van der Waals surface area contributed by atoms with Crippen molar-refractivity contribution in [2.75, 3.05) is 4.90 Å². The molecule has 2 aliphatic rings. The Balaban J connectivity index is 0.00000182. The predicted octanol–water partition coefficient (Wildman–Crippen LogP) is -0.932. The maximum atomic E-state index is 12.8. The standard InChI is InChI=1S/C16H18N2O6S.Na.H/c19-14-10-15(20)18(12-7-4-8-13(9-12)25(22,23)24)16(21)17(14)11-5-2-1-3-6-11;;/h4,7-9,11H,1-3,5-6,10H2,(H,22,23,24);;/q;+1;-1. The maximum Gasteiger partial charge on any atom is 1.00 e. The molecule has 4 amide bonds. The van der Waals surface area contributed by atoms with E-state index in [9.17, 15) is 22.8 Å². The third-order valence-corrected chi connectivity index (χ3v) is 5.38. The number of nitrogens with zero attached hydrogens (tertiary/aromatic N) is 2. The molecular weight excluding hydrogens is 371 g/mol. The van der Waals surface area contributed by atoms with E-state index in [0.717, 1.165) is 41.2 Å². The monoisotopic (exact) mass is 390 g/mol. The summed E-state index contributed by atoms with van der Waals surface area (Å²) in [6.07, 6.45) is 3.82. The molecule has 0 radical (unpaired) electrons. The summed E-state index contributed by atoms with van der Waals surface area (Å²) in [6.45, 7) is 0. The molecule has 1 N–H and O–H groups in total. The second kappa shape index (κ2) is 8.18. The number of anilines is 1. The van der Waals surface area contributed by atoms with E-state index in [4.69, 9.17) is 4.55 Å². The summed E-state index contributed by atoms with van der Waals surface area (Å²) < 4.78 is 31.8. The minimum absolute atomic E-state index is 0. The van der Waals surface area contributed by atoms with E-state index in [1.54, 1.807) is 0 Å². The van der Waals surface area contributed by atoms with Crippen molar-refractivity contribution in [1.29, 1.82) is 0 Å². The summed E-state index contributed by atoms with van der Waals surface area (Å²) in [5, 5.41) is 0. The van der Waals surface area contributed by atoms with Crippen LogP contribution in [0.25, 0.3) is 0 Å². The fourth-order valence-electron chi connectivity index (χ4n) is 3.35. The molecule has 0 spiro atoms. The average molecular weight is 390 g/mol. The normalized spacial score (nSPS) is 19.5. The molecule has 10 heteroatoms. The molecule has 26 heavy (non-hydrogen) atoms. The molecule has 1 aromatic rings. The number of carbonyl (C=O) groups is 3. The first-order valence-electron chi connectivity index (χ1n) is 8.05. The molecule has 0 aromatic heterocycles. The van der Waals surface area contributed by atoms with Gasteiger partial charge in [-0.2, -0.15) is 8.42 Å². The Kier molecular flexibility index (Phi) is 6.62. The van der Waals surface area contributed by atoms with Gasteiger partial charge >= 0.3 is 35.6 Å². The summed E-state index contributed by atoms with van der Waals surface area (Å²) in [5.74, 6) is -1.24. The van der Waals surface area contributed by atoms with Gasteiger partial charge in [0.25, 0.3) is 10.1 Å². The Labute approximate surface area is 175 Å². The largest absolute Gasteiger partial charge is 1.00 e. The molecule has 3 rings (SSSR count). The van der Waals surface area contributed by atoms with Gasteiger partial charge in [-0.15, -0.1) is 0 Å². The number of amides is 4. The van der Waals surface area contributed by atoms with Crippen molar-refractivity contribution in [3.05, 3.63) is 24.3 Å². The number of rotatable bonds is 3. The fraction of sp³-hybridized carbons (Fsp3) is 0.438. The first-order valence-corrected chi connectivity index (χ1v) is 9.49. The first kappa shape index (κ1) is 21.0. The van der Waals surface area contributed by atoms with Crippen LogP contribution in [0.1, 0.15) is 40.0 Å². The van der Waals surface area contributed by atoms with Gasteiger partial charge in [0.05, 0.1) is 10.6 Å². The van der Waals surface area contributed by atoms with E-state index < -0.39 is 39.3 Å². The molecule has 0 atom stereocenters. The van der Waals surface area contributed by atoms with Gasteiger partial charge in [0.2, 0.25) is 11.8 Å². The van der Waals surface area contributed by atoms with E-state index >= 15 is 0 Å². The number of benzene rings is 1. The predicted molar refractivity (Wildman–Crippen MR) is 88.6 cm³/mol. The minimum Gasteiger partial charge on any atom is -1.00 e. The maximum absolute atomic E-state index is 12.8. The SMILES string of the molecule is O=C1CC(=O)N(C2CCCCC2)C(=O)N1c1cccc(S(=O)(=O)O)c1.[H-].[Na+]. The summed E-state index contributed by atoms with van der Waals surface area (Å²) in [6, 6.07) is 3.90. The Hall–Kier alpha value is -1.26. The number of carbonyl (C=O) groups excluding carboxylic acids is 3. The molecule has 1 aliphatic heterocycles. The second-order valence-corrected chi connectivity index (χ2v) is 7.64. The van der Waals surface area contributed by atoms with Crippen LogP contribution in [-0.4, -0.2) is 41.8 Å². The van der Waals surface area contributed by atoms with Crippen LogP contribution >= 0.6 is 0 Å². The molecule has 8 nitrogen and oxygen atoms in total. The molecule has 1 heterocycles. The fourth-order valence-corrected chi connectivity index (χ4v) is 3.87. The van der Waals surface area contributed by atoms with Crippen molar-refractivity contribution in [3.8, 4) is 0 Å².